The van der Waals surface area contributed by atoms with Crippen molar-refractivity contribution in [1.82, 2.24) is 9.88 Å². The third kappa shape index (κ3) is 2.87. The van der Waals surface area contributed by atoms with Crippen molar-refractivity contribution in [2.45, 2.75) is 32.9 Å². The molecule has 2 unspecified atom stereocenters. The van der Waals surface area contributed by atoms with Gasteiger partial charge in [0.1, 0.15) is 18.5 Å². The summed E-state index contributed by atoms with van der Waals surface area (Å²) in [6, 6.07) is -0.749. The van der Waals surface area contributed by atoms with Crippen molar-refractivity contribution >= 4 is 17.5 Å². The van der Waals surface area contributed by atoms with Crippen LogP contribution in [0, 0.1) is 11.7 Å². The molecule has 0 radical (unpaired) electrons. The van der Waals surface area contributed by atoms with E-state index in [2.05, 4.69) is 10.3 Å². The first-order valence-corrected chi connectivity index (χ1v) is 6.83. The van der Waals surface area contributed by atoms with Gasteiger partial charge in [0, 0.05) is 5.56 Å². The summed E-state index contributed by atoms with van der Waals surface area (Å²) in [5.41, 5.74) is 0.465. The van der Waals surface area contributed by atoms with E-state index in [1.807, 2.05) is 13.8 Å². The van der Waals surface area contributed by atoms with Crippen LogP contribution >= 0.6 is 0 Å². The number of aliphatic hydroxyl groups excluding tert-OH is 1. The average Bonchev–Trinajstić information content (AvgIpc) is 2.62. The Morgan fingerprint density at radius 2 is 2.33 bits per heavy atom. The van der Waals surface area contributed by atoms with Gasteiger partial charge in [0.25, 0.3) is 0 Å². The van der Waals surface area contributed by atoms with Gasteiger partial charge in [0.15, 0.2) is 0 Å². The number of hydrogen-bond acceptors (Lipinski definition) is 4. The average molecular weight is 295 g/mol. The van der Waals surface area contributed by atoms with Gasteiger partial charge >= 0.3 is 0 Å². The molecule has 2 N–H and O–H groups in total. The maximum atomic E-state index is 13.9. The number of pyridine rings is 1. The zero-order valence-corrected chi connectivity index (χ0v) is 12.0. The predicted octanol–water partition coefficient (Wildman–Crippen LogP) is 0.908. The summed E-state index contributed by atoms with van der Waals surface area (Å²) in [6.45, 7) is 2.95. The Hall–Kier alpha value is -2.02. The van der Waals surface area contributed by atoms with Crippen LogP contribution < -0.4 is 5.32 Å². The molecule has 0 fully saturated rings. The second kappa shape index (κ2) is 6.17. The molecule has 2 amide bonds. The number of carbonyl (C=O) groups is 2. The summed E-state index contributed by atoms with van der Waals surface area (Å²) >= 11 is 0. The van der Waals surface area contributed by atoms with E-state index < -0.39 is 30.3 Å². The number of aromatic nitrogens is 1. The lowest BCUT2D eigenvalue weighted by Crippen LogP contribution is -2.49. The second-order valence-electron chi connectivity index (χ2n) is 5.15. The summed E-state index contributed by atoms with van der Waals surface area (Å²) in [5.74, 6) is -1.70. The third-order valence-corrected chi connectivity index (χ3v) is 3.83. The van der Waals surface area contributed by atoms with Crippen LogP contribution in [-0.2, 0) is 16.1 Å². The smallest absolute Gasteiger partial charge is 0.249 e. The van der Waals surface area contributed by atoms with Crippen LogP contribution in [0.3, 0.4) is 0 Å². The van der Waals surface area contributed by atoms with Crippen molar-refractivity contribution in [2.75, 3.05) is 11.9 Å². The van der Waals surface area contributed by atoms with E-state index >= 15 is 0 Å². The Kier molecular flexibility index (Phi) is 4.52. The van der Waals surface area contributed by atoms with E-state index in [9.17, 15) is 14.0 Å². The quantitative estimate of drug-likeness (QED) is 0.868. The van der Waals surface area contributed by atoms with E-state index in [0.29, 0.717) is 6.42 Å². The van der Waals surface area contributed by atoms with Gasteiger partial charge in [-0.25, -0.2) is 4.39 Å². The zero-order chi connectivity index (χ0) is 15.6. The lowest BCUT2D eigenvalue weighted by molar-refractivity contribution is -0.143. The van der Waals surface area contributed by atoms with Crippen molar-refractivity contribution in [3.8, 4) is 0 Å². The van der Waals surface area contributed by atoms with Crippen LogP contribution in [0.2, 0.25) is 0 Å². The molecule has 2 heterocycles. The molecular weight excluding hydrogens is 277 g/mol. The Morgan fingerprint density at radius 1 is 1.62 bits per heavy atom. The summed E-state index contributed by atoms with van der Waals surface area (Å²) in [7, 11) is 0. The third-order valence-electron chi connectivity index (χ3n) is 3.83. The summed E-state index contributed by atoms with van der Waals surface area (Å²) in [6.07, 6.45) is 3.07. The largest absolute Gasteiger partial charge is 0.387 e. The molecule has 0 saturated heterocycles. The van der Waals surface area contributed by atoms with E-state index in [1.165, 1.54) is 11.1 Å². The van der Waals surface area contributed by atoms with Gasteiger partial charge in [-0.05, 0) is 5.92 Å². The Labute approximate surface area is 122 Å². The van der Waals surface area contributed by atoms with Crippen molar-refractivity contribution < 1.29 is 19.1 Å². The summed E-state index contributed by atoms with van der Waals surface area (Å²) in [4.78, 5) is 29.3. The highest BCUT2D eigenvalue weighted by molar-refractivity contribution is 5.99. The minimum absolute atomic E-state index is 0.0726. The fourth-order valence-electron chi connectivity index (χ4n) is 2.47. The molecule has 0 bridgehead atoms. The second-order valence-corrected chi connectivity index (χ2v) is 5.15. The molecule has 1 aromatic rings. The SMILES string of the molecule is CCC(C)C1C(=O)Nc2cncc(F)c2CN1C(=O)CO. The molecule has 0 aromatic carbocycles. The number of anilines is 1. The number of nitrogens with zero attached hydrogens (tertiary/aromatic N) is 2. The van der Waals surface area contributed by atoms with Crippen LogP contribution in [-0.4, -0.2) is 39.5 Å². The van der Waals surface area contributed by atoms with Gasteiger partial charge in [-0.1, -0.05) is 20.3 Å². The fraction of sp³-hybridized carbons (Fsp3) is 0.500. The van der Waals surface area contributed by atoms with Crippen LogP contribution in [0.5, 0.6) is 0 Å². The molecule has 0 spiro atoms. The minimum Gasteiger partial charge on any atom is -0.387 e. The Bertz CT molecular complexity index is 564. The minimum atomic E-state index is -0.749. The normalized spacial score (nSPS) is 19.5. The predicted molar refractivity (Wildman–Crippen MR) is 73.7 cm³/mol. The molecular formula is C14H18FN3O3. The number of aliphatic hydroxyl groups is 1. The molecule has 1 aromatic heterocycles. The molecule has 6 nitrogen and oxygen atoms in total. The molecule has 21 heavy (non-hydrogen) atoms. The fourth-order valence-corrected chi connectivity index (χ4v) is 2.47. The lowest BCUT2D eigenvalue weighted by atomic mass is 9.96. The molecule has 2 atom stereocenters. The number of carbonyl (C=O) groups excluding carboxylic acids is 2. The molecule has 114 valence electrons. The molecule has 0 saturated carbocycles. The van der Waals surface area contributed by atoms with Crippen molar-refractivity contribution in [2.24, 2.45) is 5.92 Å². The van der Waals surface area contributed by atoms with Gasteiger partial charge in [-0.15, -0.1) is 0 Å². The molecule has 1 aliphatic heterocycles. The van der Waals surface area contributed by atoms with Gasteiger partial charge < -0.3 is 15.3 Å². The maximum Gasteiger partial charge on any atom is 0.249 e. The number of fused-ring (bicyclic) bond motifs is 1. The van der Waals surface area contributed by atoms with Gasteiger partial charge in [-0.2, -0.15) is 0 Å². The molecule has 1 aliphatic rings. The highest BCUT2D eigenvalue weighted by atomic mass is 19.1. The van der Waals surface area contributed by atoms with Crippen LogP contribution in [0.25, 0.3) is 0 Å². The van der Waals surface area contributed by atoms with E-state index in [0.717, 1.165) is 6.20 Å². The van der Waals surface area contributed by atoms with Crippen molar-refractivity contribution in [3.05, 3.63) is 23.8 Å². The van der Waals surface area contributed by atoms with E-state index in [-0.39, 0.29) is 23.7 Å². The first-order valence-electron chi connectivity index (χ1n) is 6.83. The first kappa shape index (κ1) is 15.4. The van der Waals surface area contributed by atoms with Gasteiger partial charge in [0.05, 0.1) is 24.6 Å². The van der Waals surface area contributed by atoms with E-state index in [4.69, 9.17) is 5.11 Å². The highest BCUT2D eigenvalue weighted by Crippen LogP contribution is 2.28. The standard InChI is InChI=1S/C14H18FN3O3/c1-3-8(2)13-14(21)17-11-5-16-4-10(15)9(11)6-18(13)12(20)7-19/h4-5,8,13,19H,3,6-7H2,1-2H3,(H,17,21). The zero-order valence-electron chi connectivity index (χ0n) is 12.0. The number of rotatable bonds is 3. The van der Waals surface area contributed by atoms with Gasteiger partial charge in [-0.3, -0.25) is 14.6 Å². The van der Waals surface area contributed by atoms with Crippen LogP contribution in [0.4, 0.5) is 10.1 Å². The Morgan fingerprint density at radius 3 is 2.95 bits per heavy atom. The van der Waals surface area contributed by atoms with Crippen molar-refractivity contribution in [1.29, 1.82) is 0 Å². The highest BCUT2D eigenvalue weighted by Gasteiger charge is 2.37. The molecule has 7 heteroatoms. The summed E-state index contributed by atoms with van der Waals surface area (Å²) in [5, 5.41) is 11.7. The number of halogens is 1. The van der Waals surface area contributed by atoms with Crippen molar-refractivity contribution in [3.63, 3.8) is 0 Å². The lowest BCUT2D eigenvalue weighted by Gasteiger charge is -2.31. The molecule has 0 aliphatic carbocycles. The first-order chi connectivity index (χ1) is 9.99. The number of nitrogens with one attached hydrogen (secondary N) is 1. The van der Waals surface area contributed by atoms with E-state index in [1.54, 1.807) is 0 Å². The van der Waals surface area contributed by atoms with Gasteiger partial charge in [0.2, 0.25) is 11.8 Å². The molecule has 2 rings (SSSR count). The Balaban J connectivity index is 2.49. The van der Waals surface area contributed by atoms with Crippen LogP contribution in [0.15, 0.2) is 12.4 Å². The number of amides is 2. The monoisotopic (exact) mass is 295 g/mol. The van der Waals surface area contributed by atoms with Crippen LogP contribution in [0.1, 0.15) is 25.8 Å². The number of hydrogen-bond donors (Lipinski definition) is 2. The maximum absolute atomic E-state index is 13.9. The summed E-state index contributed by atoms with van der Waals surface area (Å²) < 4.78 is 13.9. The topological polar surface area (TPSA) is 82.5 Å².